The van der Waals surface area contributed by atoms with Crippen LogP contribution in [0.1, 0.15) is 68.3 Å². The van der Waals surface area contributed by atoms with Crippen molar-refractivity contribution in [2.24, 2.45) is 0 Å². The quantitative estimate of drug-likeness (QED) is 0.247. The van der Waals surface area contributed by atoms with E-state index in [0.29, 0.717) is 12.2 Å². The number of fused-ring (bicyclic) bond motifs is 2. The monoisotopic (exact) mass is 519 g/mol. The van der Waals surface area contributed by atoms with Gasteiger partial charge in [-0.25, -0.2) is 4.98 Å². The number of benzene rings is 2. The van der Waals surface area contributed by atoms with Gasteiger partial charge >= 0.3 is 0 Å². The van der Waals surface area contributed by atoms with Crippen LogP contribution in [-0.2, 0) is 12.0 Å². The molecule has 0 atom stereocenters. The molecule has 2 aromatic heterocycles. The summed E-state index contributed by atoms with van der Waals surface area (Å²) in [6.07, 6.45) is 2.92. The van der Waals surface area contributed by atoms with Crippen molar-refractivity contribution in [3.05, 3.63) is 64.5 Å². The lowest BCUT2D eigenvalue weighted by molar-refractivity contribution is 0.102. The van der Waals surface area contributed by atoms with E-state index in [1.807, 2.05) is 42.5 Å². The number of anilines is 1. The Morgan fingerprint density at radius 2 is 1.92 bits per heavy atom. The summed E-state index contributed by atoms with van der Waals surface area (Å²) in [4.78, 5) is 19.7. The van der Waals surface area contributed by atoms with Gasteiger partial charge in [0.1, 0.15) is 15.8 Å². The van der Waals surface area contributed by atoms with E-state index in [4.69, 9.17) is 9.72 Å². The van der Waals surface area contributed by atoms with Gasteiger partial charge in [-0.1, -0.05) is 31.5 Å². The SMILES string of the molecule is CCCCOc1cccc(C(=O)Nc2sc3c(c2-c2nc4ccccc4s2)CC(C)(C)NC3(C)C)c1. The van der Waals surface area contributed by atoms with Gasteiger partial charge in [0.2, 0.25) is 0 Å². The molecule has 1 aliphatic rings. The Labute approximate surface area is 220 Å². The van der Waals surface area contributed by atoms with Crippen molar-refractivity contribution in [3.63, 3.8) is 0 Å². The molecule has 188 valence electrons. The van der Waals surface area contributed by atoms with Gasteiger partial charge in [-0.2, -0.15) is 0 Å². The molecule has 2 aromatic carbocycles. The fourth-order valence-corrected chi connectivity index (χ4v) is 7.44. The largest absolute Gasteiger partial charge is 0.494 e. The molecule has 5 nitrogen and oxygen atoms in total. The molecule has 0 bridgehead atoms. The average molecular weight is 520 g/mol. The number of para-hydroxylation sites is 1. The second kappa shape index (κ2) is 9.61. The fraction of sp³-hybridized carbons (Fsp3) is 0.379. The van der Waals surface area contributed by atoms with Gasteiger partial charge < -0.3 is 15.4 Å². The van der Waals surface area contributed by atoms with Crippen LogP contribution in [0.25, 0.3) is 20.8 Å². The first kappa shape index (κ1) is 24.9. The maximum atomic E-state index is 13.5. The second-order valence-electron chi connectivity index (χ2n) is 10.6. The fourth-order valence-electron chi connectivity index (χ4n) is 5.06. The van der Waals surface area contributed by atoms with E-state index in [2.05, 4.69) is 51.3 Å². The average Bonchev–Trinajstić information content (AvgIpc) is 3.39. The van der Waals surface area contributed by atoms with Crippen LogP contribution in [0, 0.1) is 0 Å². The molecule has 0 saturated heterocycles. The summed E-state index contributed by atoms with van der Waals surface area (Å²) in [6.45, 7) is 11.7. The van der Waals surface area contributed by atoms with Crippen LogP contribution in [0.4, 0.5) is 5.00 Å². The molecule has 0 fully saturated rings. The number of nitrogens with zero attached hydrogens (tertiary/aromatic N) is 1. The Balaban J connectivity index is 1.56. The summed E-state index contributed by atoms with van der Waals surface area (Å²) in [5, 5.41) is 8.85. The zero-order valence-electron chi connectivity index (χ0n) is 21.5. The van der Waals surface area contributed by atoms with Crippen molar-refractivity contribution >= 4 is 43.8 Å². The highest BCUT2D eigenvalue weighted by atomic mass is 32.1. The normalized spacial score (nSPS) is 16.0. The number of unbranched alkanes of at least 4 members (excludes halogenated alkanes) is 1. The van der Waals surface area contributed by atoms with Gasteiger partial charge in [0.25, 0.3) is 5.91 Å². The molecule has 3 heterocycles. The van der Waals surface area contributed by atoms with Gasteiger partial charge in [-0.15, -0.1) is 22.7 Å². The Morgan fingerprint density at radius 1 is 1.11 bits per heavy atom. The van der Waals surface area contributed by atoms with Crippen LogP contribution in [0.15, 0.2) is 48.5 Å². The molecule has 0 saturated carbocycles. The van der Waals surface area contributed by atoms with Crippen LogP contribution < -0.4 is 15.4 Å². The minimum Gasteiger partial charge on any atom is -0.494 e. The number of hydrogen-bond acceptors (Lipinski definition) is 6. The molecule has 0 spiro atoms. The topological polar surface area (TPSA) is 63.2 Å². The maximum absolute atomic E-state index is 13.5. The molecule has 0 aliphatic carbocycles. The molecule has 4 aromatic rings. The van der Waals surface area contributed by atoms with E-state index in [0.717, 1.165) is 50.8 Å². The van der Waals surface area contributed by atoms with Gasteiger partial charge in [-0.05, 0) is 76.4 Å². The number of aromatic nitrogens is 1. The summed E-state index contributed by atoms with van der Waals surface area (Å²) in [6, 6.07) is 15.6. The van der Waals surface area contributed by atoms with Crippen LogP contribution in [0.3, 0.4) is 0 Å². The third-order valence-electron chi connectivity index (χ3n) is 6.44. The van der Waals surface area contributed by atoms with Gasteiger partial charge in [0.15, 0.2) is 0 Å². The molecule has 0 unspecified atom stereocenters. The lowest BCUT2D eigenvalue weighted by Crippen LogP contribution is -2.54. The summed E-state index contributed by atoms with van der Waals surface area (Å²) >= 11 is 3.34. The Bertz CT molecular complexity index is 1380. The van der Waals surface area contributed by atoms with Crippen LogP contribution >= 0.6 is 22.7 Å². The lowest BCUT2D eigenvalue weighted by Gasteiger charge is -2.42. The summed E-state index contributed by atoms with van der Waals surface area (Å²) in [7, 11) is 0. The molecule has 5 rings (SSSR count). The van der Waals surface area contributed by atoms with Crippen LogP contribution in [-0.4, -0.2) is 23.0 Å². The van der Waals surface area contributed by atoms with Crippen molar-refractivity contribution in [1.29, 1.82) is 0 Å². The van der Waals surface area contributed by atoms with E-state index < -0.39 is 0 Å². The number of hydrogen-bond donors (Lipinski definition) is 2. The highest BCUT2D eigenvalue weighted by Gasteiger charge is 2.41. The van der Waals surface area contributed by atoms with Crippen molar-refractivity contribution in [2.45, 2.75) is 65.0 Å². The minimum absolute atomic E-state index is 0.0750. The molecule has 1 amide bonds. The predicted molar refractivity (Wildman–Crippen MR) is 152 cm³/mol. The van der Waals surface area contributed by atoms with Crippen molar-refractivity contribution in [2.75, 3.05) is 11.9 Å². The number of carbonyl (C=O) groups excluding carboxylic acids is 1. The minimum atomic E-state index is -0.219. The van der Waals surface area contributed by atoms with E-state index >= 15 is 0 Å². The summed E-state index contributed by atoms with van der Waals surface area (Å²) in [5.41, 5.74) is 3.61. The highest BCUT2D eigenvalue weighted by molar-refractivity contribution is 7.23. The third kappa shape index (κ3) is 4.92. The standard InChI is InChI=1S/C29H33N3O2S2/c1-6-7-15-34-19-12-10-11-18(16-19)25(33)31-27-23(26-30-21-13-8-9-14-22(21)35-26)20-17-28(2,3)32-29(4,5)24(20)36-27/h8-14,16,32H,6-7,15,17H2,1-5H3,(H,31,33). The van der Waals surface area contributed by atoms with Gasteiger partial charge in [-0.3, -0.25) is 4.79 Å². The lowest BCUT2D eigenvalue weighted by atomic mass is 9.81. The second-order valence-corrected chi connectivity index (χ2v) is 12.6. The number of thiazole rings is 1. The Hall–Kier alpha value is -2.74. The molecule has 2 N–H and O–H groups in total. The van der Waals surface area contributed by atoms with Crippen LogP contribution in [0.5, 0.6) is 5.75 Å². The first-order chi connectivity index (χ1) is 17.2. The van der Waals surface area contributed by atoms with Crippen molar-refractivity contribution < 1.29 is 9.53 Å². The zero-order valence-corrected chi connectivity index (χ0v) is 23.2. The maximum Gasteiger partial charge on any atom is 0.256 e. The van der Waals surface area contributed by atoms with E-state index in [1.165, 1.54) is 10.4 Å². The number of carbonyl (C=O) groups is 1. The number of amides is 1. The Morgan fingerprint density at radius 3 is 2.69 bits per heavy atom. The molecule has 36 heavy (non-hydrogen) atoms. The Kier molecular flexibility index (Phi) is 6.66. The number of ether oxygens (including phenoxy) is 1. The summed E-state index contributed by atoms with van der Waals surface area (Å²) in [5.74, 6) is 0.585. The van der Waals surface area contributed by atoms with Crippen molar-refractivity contribution in [3.8, 4) is 16.3 Å². The number of rotatable bonds is 7. The predicted octanol–water partition coefficient (Wildman–Crippen LogP) is 7.62. The van der Waals surface area contributed by atoms with Gasteiger partial charge in [0.05, 0.1) is 16.8 Å². The highest BCUT2D eigenvalue weighted by Crippen LogP contribution is 2.50. The smallest absolute Gasteiger partial charge is 0.256 e. The number of nitrogens with one attached hydrogen (secondary N) is 2. The first-order valence-corrected chi connectivity index (χ1v) is 14.2. The van der Waals surface area contributed by atoms with Gasteiger partial charge in [0, 0.05) is 27.1 Å². The molecular weight excluding hydrogens is 486 g/mol. The first-order valence-electron chi connectivity index (χ1n) is 12.5. The van der Waals surface area contributed by atoms with E-state index in [-0.39, 0.29) is 17.0 Å². The summed E-state index contributed by atoms with van der Waals surface area (Å²) < 4.78 is 6.98. The molecular formula is C29H33N3O2S2. The molecule has 1 aliphatic heterocycles. The molecule has 7 heteroatoms. The van der Waals surface area contributed by atoms with Crippen LogP contribution in [0.2, 0.25) is 0 Å². The van der Waals surface area contributed by atoms with E-state index in [9.17, 15) is 4.79 Å². The third-order valence-corrected chi connectivity index (χ3v) is 8.97. The van der Waals surface area contributed by atoms with E-state index in [1.54, 1.807) is 22.7 Å². The van der Waals surface area contributed by atoms with Crippen molar-refractivity contribution in [1.82, 2.24) is 10.3 Å². The number of thiophene rings is 1. The molecule has 0 radical (unpaired) electrons. The zero-order chi connectivity index (χ0) is 25.5.